The Balaban J connectivity index is 1.94. The number of hydrogen-bond donors (Lipinski definition) is 2. The molecule has 26 heavy (non-hydrogen) atoms. The average molecular weight is 351 g/mol. The number of fused-ring (bicyclic) bond motifs is 1. The van der Waals surface area contributed by atoms with Crippen LogP contribution in [-0.4, -0.2) is 28.1 Å². The van der Waals surface area contributed by atoms with E-state index in [2.05, 4.69) is 0 Å². The number of nitrogens with one attached hydrogen (secondary N) is 1. The first-order valence-electron chi connectivity index (χ1n) is 8.53. The van der Waals surface area contributed by atoms with E-state index in [0.717, 1.165) is 17.6 Å². The third-order valence-corrected chi connectivity index (χ3v) is 4.26. The van der Waals surface area contributed by atoms with Gasteiger partial charge in [-0.3, -0.25) is 14.8 Å². The molecule has 0 fully saturated rings. The molecule has 3 aromatic rings. The van der Waals surface area contributed by atoms with Crippen LogP contribution in [0.3, 0.4) is 0 Å². The Kier molecular flexibility index (Phi) is 5.34. The molecule has 0 aliphatic carbocycles. The van der Waals surface area contributed by atoms with Gasteiger partial charge in [0.25, 0.3) is 5.91 Å². The fourth-order valence-electron chi connectivity index (χ4n) is 3.08. The zero-order valence-electron chi connectivity index (χ0n) is 14.6. The molecule has 2 N–H and O–H groups in total. The van der Waals surface area contributed by atoms with Gasteiger partial charge in [-0.15, -0.1) is 0 Å². The standard InChI is InChI=1S/C20H21N3O3/c1-2-12-23(15-8-4-3-5-9-15)19(24)14-22-13-17(20(25)21-26)16-10-6-7-11-18(16)22/h3-11,13,26H,2,12,14H2,1H3,(H,21,25). The van der Waals surface area contributed by atoms with E-state index in [4.69, 9.17) is 5.21 Å². The summed E-state index contributed by atoms with van der Waals surface area (Å²) >= 11 is 0. The Morgan fingerprint density at radius 2 is 1.77 bits per heavy atom. The van der Waals surface area contributed by atoms with Crippen LogP contribution in [0.5, 0.6) is 0 Å². The summed E-state index contributed by atoms with van der Waals surface area (Å²) in [6.07, 6.45) is 2.44. The molecule has 6 heteroatoms. The molecular formula is C20H21N3O3. The lowest BCUT2D eigenvalue weighted by Crippen LogP contribution is -2.34. The largest absolute Gasteiger partial charge is 0.337 e. The molecule has 0 aliphatic rings. The molecule has 0 bridgehead atoms. The van der Waals surface area contributed by atoms with Crippen LogP contribution in [-0.2, 0) is 11.3 Å². The molecule has 1 aromatic heterocycles. The number of carbonyl (C=O) groups is 2. The Morgan fingerprint density at radius 1 is 1.08 bits per heavy atom. The van der Waals surface area contributed by atoms with E-state index in [0.29, 0.717) is 17.5 Å². The molecule has 6 nitrogen and oxygen atoms in total. The lowest BCUT2D eigenvalue weighted by molar-refractivity contribution is -0.119. The molecule has 134 valence electrons. The maximum atomic E-state index is 13.0. The average Bonchev–Trinajstić information content (AvgIpc) is 3.04. The predicted octanol–water partition coefficient (Wildman–Crippen LogP) is 3.20. The minimum absolute atomic E-state index is 0.0604. The van der Waals surface area contributed by atoms with Crippen molar-refractivity contribution in [2.45, 2.75) is 19.9 Å². The number of aromatic nitrogens is 1. The van der Waals surface area contributed by atoms with Gasteiger partial charge in [-0.25, -0.2) is 5.48 Å². The minimum Gasteiger partial charge on any atom is -0.337 e. The van der Waals surface area contributed by atoms with Crippen molar-refractivity contribution < 1.29 is 14.8 Å². The van der Waals surface area contributed by atoms with Gasteiger partial charge in [0.15, 0.2) is 0 Å². The molecule has 0 unspecified atom stereocenters. The van der Waals surface area contributed by atoms with Crippen LogP contribution in [0.25, 0.3) is 10.9 Å². The van der Waals surface area contributed by atoms with Crippen molar-refractivity contribution in [2.75, 3.05) is 11.4 Å². The van der Waals surface area contributed by atoms with Gasteiger partial charge in [0.05, 0.1) is 5.56 Å². The Labute approximate surface area is 151 Å². The van der Waals surface area contributed by atoms with Crippen molar-refractivity contribution in [3.05, 3.63) is 66.4 Å². The summed E-state index contributed by atoms with van der Waals surface area (Å²) in [6, 6.07) is 16.8. The van der Waals surface area contributed by atoms with E-state index >= 15 is 0 Å². The molecule has 2 amide bonds. The second kappa shape index (κ2) is 7.84. The number of benzene rings is 2. The number of anilines is 1. The summed E-state index contributed by atoms with van der Waals surface area (Å²) in [5.74, 6) is -0.657. The topological polar surface area (TPSA) is 74.6 Å². The zero-order valence-corrected chi connectivity index (χ0v) is 14.6. The van der Waals surface area contributed by atoms with Crippen LogP contribution in [0.2, 0.25) is 0 Å². The predicted molar refractivity (Wildman–Crippen MR) is 100 cm³/mol. The van der Waals surface area contributed by atoms with Gasteiger partial charge in [0, 0.05) is 29.3 Å². The van der Waals surface area contributed by atoms with Crippen LogP contribution in [0.4, 0.5) is 5.69 Å². The Hall–Kier alpha value is -3.12. The maximum absolute atomic E-state index is 13.0. The number of hydrogen-bond acceptors (Lipinski definition) is 3. The van der Waals surface area contributed by atoms with E-state index in [-0.39, 0.29) is 12.5 Å². The number of para-hydroxylation sites is 2. The smallest absolute Gasteiger partial charge is 0.276 e. The van der Waals surface area contributed by atoms with Gasteiger partial charge >= 0.3 is 0 Å². The van der Waals surface area contributed by atoms with Crippen molar-refractivity contribution in [3.8, 4) is 0 Å². The monoisotopic (exact) mass is 351 g/mol. The third kappa shape index (κ3) is 3.45. The number of amides is 2. The Bertz CT molecular complexity index is 918. The van der Waals surface area contributed by atoms with Crippen LogP contribution in [0, 0.1) is 0 Å². The first kappa shape index (κ1) is 17.7. The molecule has 2 aromatic carbocycles. The summed E-state index contributed by atoms with van der Waals surface area (Å²) in [7, 11) is 0. The second-order valence-electron chi connectivity index (χ2n) is 6.01. The van der Waals surface area contributed by atoms with Crippen molar-refractivity contribution in [3.63, 3.8) is 0 Å². The quantitative estimate of drug-likeness (QED) is 0.529. The number of hydroxylamine groups is 1. The van der Waals surface area contributed by atoms with Crippen LogP contribution in [0.1, 0.15) is 23.7 Å². The lowest BCUT2D eigenvalue weighted by Gasteiger charge is -2.22. The maximum Gasteiger partial charge on any atom is 0.276 e. The van der Waals surface area contributed by atoms with Gasteiger partial charge < -0.3 is 9.47 Å². The first-order valence-corrected chi connectivity index (χ1v) is 8.53. The highest BCUT2D eigenvalue weighted by Gasteiger charge is 2.19. The minimum atomic E-state index is -0.596. The molecule has 0 spiro atoms. The van der Waals surface area contributed by atoms with E-state index in [9.17, 15) is 9.59 Å². The molecule has 0 aliphatic heterocycles. The summed E-state index contributed by atoms with van der Waals surface area (Å²) < 4.78 is 1.74. The fourth-order valence-corrected chi connectivity index (χ4v) is 3.08. The lowest BCUT2D eigenvalue weighted by atomic mass is 10.2. The second-order valence-corrected chi connectivity index (χ2v) is 6.01. The SMILES string of the molecule is CCCN(C(=O)Cn1cc(C(=O)NO)c2ccccc21)c1ccccc1. The fraction of sp³-hybridized carbons (Fsp3) is 0.200. The molecule has 0 saturated carbocycles. The number of nitrogens with zero attached hydrogens (tertiary/aromatic N) is 2. The number of carbonyl (C=O) groups excluding carboxylic acids is 2. The molecule has 0 radical (unpaired) electrons. The highest BCUT2D eigenvalue weighted by Crippen LogP contribution is 2.22. The zero-order chi connectivity index (χ0) is 18.5. The van der Waals surface area contributed by atoms with Gasteiger partial charge in [0.2, 0.25) is 5.91 Å². The van der Waals surface area contributed by atoms with Crippen LogP contribution in [0.15, 0.2) is 60.8 Å². The van der Waals surface area contributed by atoms with Gasteiger partial charge in [-0.05, 0) is 24.6 Å². The van der Waals surface area contributed by atoms with Crippen molar-refractivity contribution in [2.24, 2.45) is 0 Å². The number of rotatable bonds is 6. The van der Waals surface area contributed by atoms with E-state index in [1.807, 2.05) is 55.5 Å². The molecular weight excluding hydrogens is 330 g/mol. The van der Waals surface area contributed by atoms with Gasteiger partial charge in [-0.2, -0.15) is 0 Å². The van der Waals surface area contributed by atoms with Crippen molar-refractivity contribution >= 4 is 28.4 Å². The van der Waals surface area contributed by atoms with Crippen LogP contribution >= 0.6 is 0 Å². The summed E-state index contributed by atoms with van der Waals surface area (Å²) in [4.78, 5) is 26.6. The highest BCUT2D eigenvalue weighted by molar-refractivity contribution is 6.07. The third-order valence-electron chi connectivity index (χ3n) is 4.26. The van der Waals surface area contributed by atoms with Crippen molar-refractivity contribution in [1.82, 2.24) is 10.0 Å². The van der Waals surface area contributed by atoms with Gasteiger partial charge in [0.1, 0.15) is 6.54 Å². The van der Waals surface area contributed by atoms with Gasteiger partial charge in [-0.1, -0.05) is 43.3 Å². The molecule has 3 rings (SSSR count). The summed E-state index contributed by atoms with van der Waals surface area (Å²) in [6.45, 7) is 2.75. The van der Waals surface area contributed by atoms with Crippen LogP contribution < -0.4 is 10.4 Å². The first-order chi connectivity index (χ1) is 12.7. The van der Waals surface area contributed by atoms with E-state index in [1.165, 1.54) is 0 Å². The molecule has 0 atom stereocenters. The summed E-state index contributed by atoms with van der Waals surface area (Å²) in [5.41, 5.74) is 3.61. The summed E-state index contributed by atoms with van der Waals surface area (Å²) in [5, 5.41) is 9.65. The highest BCUT2D eigenvalue weighted by atomic mass is 16.5. The molecule has 0 saturated heterocycles. The normalized spacial score (nSPS) is 10.7. The van der Waals surface area contributed by atoms with E-state index < -0.39 is 5.91 Å². The van der Waals surface area contributed by atoms with Crippen molar-refractivity contribution in [1.29, 1.82) is 0 Å². The molecule has 1 heterocycles. The van der Waals surface area contributed by atoms with E-state index in [1.54, 1.807) is 27.2 Å². The Morgan fingerprint density at radius 3 is 2.46 bits per heavy atom.